The van der Waals surface area contributed by atoms with E-state index in [-0.39, 0.29) is 12.6 Å². The monoisotopic (exact) mass is 412 g/mol. The van der Waals surface area contributed by atoms with Crippen molar-refractivity contribution >= 4 is 17.7 Å². The average molecular weight is 413 g/mol. The molecule has 3 aromatic rings. The van der Waals surface area contributed by atoms with E-state index >= 15 is 0 Å². The number of hydrogen-bond donors (Lipinski definition) is 1. The number of imidazole rings is 1. The van der Waals surface area contributed by atoms with Gasteiger partial charge in [0.25, 0.3) is 0 Å². The lowest BCUT2D eigenvalue weighted by Gasteiger charge is -2.13. The molecule has 0 aliphatic carbocycles. The van der Waals surface area contributed by atoms with Crippen LogP contribution in [0.5, 0.6) is 5.75 Å². The summed E-state index contributed by atoms with van der Waals surface area (Å²) in [6.07, 6.45) is 3.00. The lowest BCUT2D eigenvalue weighted by molar-refractivity contribution is 0.0526. The van der Waals surface area contributed by atoms with Gasteiger partial charge in [0.1, 0.15) is 12.4 Å². The highest BCUT2D eigenvalue weighted by Gasteiger charge is 2.12. The molecular formula is C22H24N2O4S. The van der Waals surface area contributed by atoms with E-state index in [9.17, 15) is 9.90 Å². The van der Waals surface area contributed by atoms with Crippen LogP contribution in [0.4, 0.5) is 0 Å². The van der Waals surface area contributed by atoms with Gasteiger partial charge >= 0.3 is 5.97 Å². The van der Waals surface area contributed by atoms with Crippen molar-refractivity contribution in [2.75, 3.05) is 19.0 Å². The third kappa shape index (κ3) is 5.85. The fourth-order valence-electron chi connectivity index (χ4n) is 2.68. The zero-order chi connectivity index (χ0) is 20.6. The second kappa shape index (κ2) is 10.1. The number of aliphatic hydroxyl groups is 1. The first kappa shape index (κ1) is 21.0. The molecule has 6 nitrogen and oxygen atoms in total. The van der Waals surface area contributed by atoms with Gasteiger partial charge in [0.15, 0.2) is 5.16 Å². The molecule has 3 rings (SSSR count). The Labute approximate surface area is 174 Å². The van der Waals surface area contributed by atoms with Crippen LogP contribution < -0.4 is 4.74 Å². The predicted molar refractivity (Wildman–Crippen MR) is 113 cm³/mol. The first-order chi connectivity index (χ1) is 14.1. The summed E-state index contributed by atoms with van der Waals surface area (Å²) in [5, 5.41) is 11.1. The number of ether oxygens (including phenoxy) is 2. The molecule has 1 heterocycles. The molecule has 1 unspecified atom stereocenters. The third-order valence-electron chi connectivity index (χ3n) is 4.10. The molecule has 0 aliphatic heterocycles. The van der Waals surface area contributed by atoms with Crippen LogP contribution in [0.25, 0.3) is 5.69 Å². The molecule has 0 saturated heterocycles. The minimum Gasteiger partial charge on any atom is -0.491 e. The summed E-state index contributed by atoms with van der Waals surface area (Å²) >= 11 is 1.47. The van der Waals surface area contributed by atoms with E-state index < -0.39 is 6.10 Å². The average Bonchev–Trinajstić information content (AvgIpc) is 3.20. The van der Waals surface area contributed by atoms with E-state index in [1.165, 1.54) is 17.3 Å². The second-order valence-electron chi connectivity index (χ2n) is 6.44. The van der Waals surface area contributed by atoms with Crippen LogP contribution in [0.2, 0.25) is 0 Å². The fraction of sp³-hybridized carbons (Fsp3) is 0.273. The summed E-state index contributed by atoms with van der Waals surface area (Å²) < 4.78 is 12.6. The SMILES string of the molecule is CCOC(=O)c1ccc(OCC(O)CSc2nccn2-c2cccc(C)c2)cc1. The summed E-state index contributed by atoms with van der Waals surface area (Å²) in [6, 6.07) is 14.8. The highest BCUT2D eigenvalue weighted by Crippen LogP contribution is 2.22. The Kier molecular flexibility index (Phi) is 7.32. The quantitative estimate of drug-likeness (QED) is 0.425. The number of aromatic nitrogens is 2. The molecule has 1 N–H and O–H groups in total. The number of thioether (sulfide) groups is 1. The van der Waals surface area contributed by atoms with E-state index in [0.29, 0.717) is 23.7 Å². The highest BCUT2D eigenvalue weighted by atomic mass is 32.2. The number of carbonyl (C=O) groups is 1. The Morgan fingerprint density at radius 3 is 2.76 bits per heavy atom. The summed E-state index contributed by atoms with van der Waals surface area (Å²) in [5.74, 6) is 0.673. The molecule has 29 heavy (non-hydrogen) atoms. The van der Waals surface area contributed by atoms with E-state index in [0.717, 1.165) is 10.8 Å². The molecule has 0 amide bonds. The van der Waals surface area contributed by atoms with Gasteiger partial charge in [-0.1, -0.05) is 23.9 Å². The molecule has 0 fully saturated rings. The normalized spacial score (nSPS) is 11.8. The van der Waals surface area contributed by atoms with Gasteiger partial charge in [-0.15, -0.1) is 0 Å². The number of benzene rings is 2. The minimum atomic E-state index is -0.660. The van der Waals surface area contributed by atoms with Crippen molar-refractivity contribution in [2.24, 2.45) is 0 Å². The molecule has 1 atom stereocenters. The standard InChI is InChI=1S/C22H24N2O4S/c1-3-27-21(26)17-7-9-20(10-8-17)28-14-19(25)15-29-22-23-11-12-24(22)18-6-4-5-16(2)13-18/h4-13,19,25H,3,14-15H2,1-2H3. The van der Waals surface area contributed by atoms with Gasteiger partial charge < -0.3 is 14.6 Å². The van der Waals surface area contributed by atoms with Crippen molar-refractivity contribution in [1.29, 1.82) is 0 Å². The Bertz CT molecular complexity index is 940. The van der Waals surface area contributed by atoms with E-state index in [1.54, 1.807) is 37.4 Å². The van der Waals surface area contributed by atoms with Crippen LogP contribution in [0.3, 0.4) is 0 Å². The van der Waals surface area contributed by atoms with Crippen LogP contribution in [-0.4, -0.2) is 45.7 Å². The Morgan fingerprint density at radius 1 is 1.24 bits per heavy atom. The maximum atomic E-state index is 11.7. The second-order valence-corrected chi connectivity index (χ2v) is 7.43. The number of carbonyl (C=O) groups excluding carboxylic acids is 1. The van der Waals surface area contributed by atoms with Crippen molar-refractivity contribution in [3.05, 3.63) is 72.1 Å². The zero-order valence-electron chi connectivity index (χ0n) is 16.4. The lowest BCUT2D eigenvalue weighted by atomic mass is 10.2. The number of nitrogens with zero attached hydrogens (tertiary/aromatic N) is 2. The van der Waals surface area contributed by atoms with Gasteiger partial charge in [0.05, 0.1) is 18.3 Å². The van der Waals surface area contributed by atoms with Crippen LogP contribution in [0, 0.1) is 6.92 Å². The topological polar surface area (TPSA) is 73.6 Å². The fourth-order valence-corrected chi connectivity index (χ4v) is 3.56. The molecule has 0 radical (unpaired) electrons. The summed E-state index contributed by atoms with van der Waals surface area (Å²) in [6.45, 7) is 4.30. The largest absolute Gasteiger partial charge is 0.491 e. The number of hydrogen-bond acceptors (Lipinski definition) is 6. The van der Waals surface area contributed by atoms with Crippen molar-refractivity contribution in [3.8, 4) is 11.4 Å². The van der Waals surface area contributed by atoms with E-state index in [4.69, 9.17) is 9.47 Å². The molecule has 1 aromatic heterocycles. The first-order valence-corrected chi connectivity index (χ1v) is 10.4. The van der Waals surface area contributed by atoms with Crippen LogP contribution in [-0.2, 0) is 4.74 Å². The third-order valence-corrected chi connectivity index (χ3v) is 5.21. The molecular weight excluding hydrogens is 388 g/mol. The molecule has 7 heteroatoms. The maximum absolute atomic E-state index is 11.7. The highest BCUT2D eigenvalue weighted by molar-refractivity contribution is 7.99. The zero-order valence-corrected chi connectivity index (χ0v) is 17.3. The van der Waals surface area contributed by atoms with Gasteiger partial charge in [-0.2, -0.15) is 0 Å². The van der Waals surface area contributed by atoms with Gasteiger partial charge in [-0.05, 0) is 55.8 Å². The van der Waals surface area contributed by atoms with E-state index in [1.807, 2.05) is 35.9 Å². The van der Waals surface area contributed by atoms with Gasteiger partial charge in [-0.25, -0.2) is 9.78 Å². The smallest absolute Gasteiger partial charge is 0.338 e. The van der Waals surface area contributed by atoms with Gasteiger partial charge in [0.2, 0.25) is 0 Å². The number of aliphatic hydroxyl groups excluding tert-OH is 1. The van der Waals surface area contributed by atoms with Crippen LogP contribution in [0.1, 0.15) is 22.8 Å². The van der Waals surface area contributed by atoms with Gasteiger partial charge in [0, 0.05) is 23.8 Å². The molecule has 2 aromatic carbocycles. The lowest BCUT2D eigenvalue weighted by Crippen LogP contribution is -2.20. The van der Waals surface area contributed by atoms with E-state index in [2.05, 4.69) is 11.1 Å². The predicted octanol–water partition coefficient (Wildman–Crippen LogP) is 3.89. The van der Waals surface area contributed by atoms with Crippen molar-refractivity contribution < 1.29 is 19.4 Å². The Hall–Kier alpha value is -2.77. The van der Waals surface area contributed by atoms with Crippen molar-refractivity contribution in [2.45, 2.75) is 25.1 Å². The molecule has 152 valence electrons. The first-order valence-electron chi connectivity index (χ1n) is 9.38. The summed E-state index contributed by atoms with van der Waals surface area (Å²) in [7, 11) is 0. The molecule has 0 aliphatic rings. The number of esters is 1. The Morgan fingerprint density at radius 2 is 2.03 bits per heavy atom. The molecule has 0 saturated carbocycles. The van der Waals surface area contributed by atoms with Gasteiger partial charge in [-0.3, -0.25) is 4.57 Å². The molecule has 0 bridgehead atoms. The van der Waals surface area contributed by atoms with Crippen molar-refractivity contribution in [3.63, 3.8) is 0 Å². The van der Waals surface area contributed by atoms with Crippen molar-refractivity contribution in [1.82, 2.24) is 9.55 Å². The number of aryl methyl sites for hydroxylation is 1. The Balaban J connectivity index is 1.50. The summed E-state index contributed by atoms with van der Waals surface area (Å²) in [4.78, 5) is 16.0. The minimum absolute atomic E-state index is 0.150. The summed E-state index contributed by atoms with van der Waals surface area (Å²) in [5.41, 5.74) is 2.69. The maximum Gasteiger partial charge on any atom is 0.338 e. The molecule has 0 spiro atoms. The van der Waals surface area contributed by atoms with Crippen LogP contribution in [0.15, 0.2) is 66.1 Å². The number of rotatable bonds is 9. The van der Waals surface area contributed by atoms with Crippen LogP contribution >= 0.6 is 11.8 Å².